The molecule has 7 nitrogen and oxygen atoms in total. The first kappa shape index (κ1) is 14.3. The number of carbonyl (C=O) groups is 3. The smallest absolute Gasteiger partial charge is 0.329 e. The van der Waals surface area contributed by atoms with E-state index in [0.717, 1.165) is 6.42 Å². The third-order valence-electron chi connectivity index (χ3n) is 3.26. The molecule has 1 fully saturated rings. The molecular weight excluding hydrogens is 238 g/mol. The molecule has 0 bridgehead atoms. The molecule has 18 heavy (non-hydrogen) atoms. The zero-order chi connectivity index (χ0) is 13.8. The van der Waals surface area contributed by atoms with E-state index in [1.807, 2.05) is 0 Å². The SMILES string of the molecule is CNC(=O)CCN(C)C(=O)NC1(C(=O)O)CCC1. The molecule has 0 spiro atoms. The Hall–Kier alpha value is -1.79. The van der Waals surface area contributed by atoms with Crippen LogP contribution in [-0.4, -0.2) is 54.1 Å². The van der Waals surface area contributed by atoms with E-state index in [4.69, 9.17) is 5.11 Å². The molecule has 0 heterocycles. The summed E-state index contributed by atoms with van der Waals surface area (Å²) in [5, 5.41) is 14.1. The van der Waals surface area contributed by atoms with Crippen LogP contribution in [0, 0.1) is 0 Å². The van der Waals surface area contributed by atoms with Crippen molar-refractivity contribution in [2.24, 2.45) is 0 Å². The summed E-state index contributed by atoms with van der Waals surface area (Å²) >= 11 is 0. The van der Waals surface area contributed by atoms with Crippen molar-refractivity contribution < 1.29 is 19.5 Å². The molecule has 1 saturated carbocycles. The van der Waals surface area contributed by atoms with Gasteiger partial charge >= 0.3 is 12.0 Å². The van der Waals surface area contributed by atoms with E-state index in [1.165, 1.54) is 19.0 Å². The summed E-state index contributed by atoms with van der Waals surface area (Å²) in [5.74, 6) is -1.16. The molecule has 0 atom stereocenters. The number of urea groups is 1. The summed E-state index contributed by atoms with van der Waals surface area (Å²) < 4.78 is 0. The van der Waals surface area contributed by atoms with Crippen LogP contribution in [0.15, 0.2) is 0 Å². The quantitative estimate of drug-likeness (QED) is 0.633. The van der Waals surface area contributed by atoms with E-state index in [1.54, 1.807) is 0 Å². The highest BCUT2D eigenvalue weighted by Gasteiger charge is 2.46. The van der Waals surface area contributed by atoms with E-state index >= 15 is 0 Å². The first-order valence-corrected chi connectivity index (χ1v) is 5.88. The van der Waals surface area contributed by atoms with Crippen molar-refractivity contribution in [1.29, 1.82) is 0 Å². The van der Waals surface area contributed by atoms with Crippen molar-refractivity contribution in [3.63, 3.8) is 0 Å². The molecule has 1 aliphatic rings. The van der Waals surface area contributed by atoms with Gasteiger partial charge in [-0.25, -0.2) is 9.59 Å². The third kappa shape index (κ3) is 3.12. The Morgan fingerprint density at radius 2 is 1.94 bits per heavy atom. The van der Waals surface area contributed by atoms with Gasteiger partial charge in [0.05, 0.1) is 0 Å². The summed E-state index contributed by atoms with van der Waals surface area (Å²) in [5.41, 5.74) is -1.11. The predicted molar refractivity (Wildman–Crippen MR) is 64.1 cm³/mol. The Balaban J connectivity index is 2.44. The van der Waals surface area contributed by atoms with E-state index in [0.29, 0.717) is 12.8 Å². The Bertz CT molecular complexity index is 352. The molecule has 1 aliphatic carbocycles. The van der Waals surface area contributed by atoms with Crippen molar-refractivity contribution >= 4 is 17.9 Å². The molecule has 0 aromatic rings. The summed E-state index contributed by atoms with van der Waals surface area (Å²) in [6, 6.07) is -0.457. The lowest BCUT2D eigenvalue weighted by molar-refractivity contribution is -0.148. The normalized spacial score (nSPS) is 16.3. The van der Waals surface area contributed by atoms with Crippen LogP contribution >= 0.6 is 0 Å². The van der Waals surface area contributed by atoms with Crippen molar-refractivity contribution in [3.8, 4) is 0 Å². The lowest BCUT2D eigenvalue weighted by Crippen LogP contribution is -2.61. The van der Waals surface area contributed by atoms with Crippen molar-refractivity contribution in [2.75, 3.05) is 20.6 Å². The zero-order valence-corrected chi connectivity index (χ0v) is 10.7. The van der Waals surface area contributed by atoms with Gasteiger partial charge in [0, 0.05) is 27.1 Å². The Morgan fingerprint density at radius 1 is 1.33 bits per heavy atom. The number of nitrogens with zero attached hydrogens (tertiary/aromatic N) is 1. The van der Waals surface area contributed by atoms with Crippen molar-refractivity contribution in [2.45, 2.75) is 31.2 Å². The first-order valence-electron chi connectivity index (χ1n) is 5.88. The van der Waals surface area contributed by atoms with Gasteiger partial charge in [0.2, 0.25) is 5.91 Å². The average Bonchev–Trinajstić information content (AvgIpc) is 2.29. The molecule has 0 saturated heterocycles. The minimum atomic E-state index is -1.11. The lowest BCUT2D eigenvalue weighted by atomic mass is 9.77. The number of nitrogens with one attached hydrogen (secondary N) is 2. The highest BCUT2D eigenvalue weighted by molar-refractivity contribution is 5.87. The predicted octanol–water partition coefficient (Wildman–Crippen LogP) is -0.229. The molecule has 7 heteroatoms. The number of aliphatic carboxylic acids is 1. The number of hydrogen-bond acceptors (Lipinski definition) is 3. The summed E-state index contributed by atoms with van der Waals surface area (Å²) in [7, 11) is 3.06. The number of hydrogen-bond donors (Lipinski definition) is 3. The number of amides is 3. The zero-order valence-electron chi connectivity index (χ0n) is 10.7. The highest BCUT2D eigenvalue weighted by atomic mass is 16.4. The van der Waals surface area contributed by atoms with E-state index in [9.17, 15) is 14.4 Å². The third-order valence-corrected chi connectivity index (χ3v) is 3.26. The van der Waals surface area contributed by atoms with E-state index < -0.39 is 17.5 Å². The van der Waals surface area contributed by atoms with Gasteiger partial charge in [-0.15, -0.1) is 0 Å². The van der Waals surface area contributed by atoms with Gasteiger partial charge in [0.1, 0.15) is 5.54 Å². The fourth-order valence-corrected chi connectivity index (χ4v) is 1.72. The molecule has 3 N–H and O–H groups in total. The second-order valence-electron chi connectivity index (χ2n) is 4.52. The maximum absolute atomic E-state index is 11.8. The minimum absolute atomic E-state index is 0.161. The molecule has 102 valence electrons. The summed E-state index contributed by atoms with van der Waals surface area (Å²) in [4.78, 5) is 35.2. The maximum Gasteiger partial charge on any atom is 0.329 e. The van der Waals surface area contributed by atoms with E-state index in [2.05, 4.69) is 10.6 Å². The number of rotatable bonds is 5. The van der Waals surface area contributed by atoms with Crippen LogP contribution < -0.4 is 10.6 Å². The van der Waals surface area contributed by atoms with E-state index in [-0.39, 0.29) is 18.9 Å². The summed E-state index contributed by atoms with van der Waals surface area (Å²) in [6.07, 6.45) is 1.91. The molecule has 0 aliphatic heterocycles. The number of carboxylic acid groups (broad SMARTS) is 1. The van der Waals surface area contributed by atoms with Gasteiger partial charge in [-0.1, -0.05) is 0 Å². The molecule has 0 unspecified atom stereocenters. The van der Waals surface area contributed by atoms with Crippen LogP contribution in [0.25, 0.3) is 0 Å². The highest BCUT2D eigenvalue weighted by Crippen LogP contribution is 2.32. The van der Waals surface area contributed by atoms with Crippen LogP contribution in [0.1, 0.15) is 25.7 Å². The molecule has 1 rings (SSSR count). The van der Waals surface area contributed by atoms with Gasteiger partial charge in [0.25, 0.3) is 0 Å². The van der Waals surface area contributed by atoms with Crippen LogP contribution in [0.5, 0.6) is 0 Å². The van der Waals surface area contributed by atoms with Gasteiger partial charge in [-0.3, -0.25) is 4.79 Å². The fraction of sp³-hybridized carbons (Fsp3) is 0.727. The number of carboxylic acids is 1. The Kier molecular flexibility index (Phi) is 4.52. The Labute approximate surface area is 106 Å². The molecule has 0 radical (unpaired) electrons. The minimum Gasteiger partial charge on any atom is -0.480 e. The van der Waals surface area contributed by atoms with Crippen LogP contribution in [-0.2, 0) is 9.59 Å². The second-order valence-corrected chi connectivity index (χ2v) is 4.52. The van der Waals surface area contributed by atoms with Crippen molar-refractivity contribution in [3.05, 3.63) is 0 Å². The monoisotopic (exact) mass is 257 g/mol. The van der Waals surface area contributed by atoms with Crippen LogP contribution in [0.3, 0.4) is 0 Å². The first-order chi connectivity index (χ1) is 8.41. The lowest BCUT2D eigenvalue weighted by Gasteiger charge is -2.39. The standard InChI is InChI=1S/C11H19N3O4/c1-12-8(15)4-7-14(2)10(18)13-11(9(16)17)5-3-6-11/h3-7H2,1-2H3,(H,12,15)(H,13,18)(H,16,17). The van der Waals surface area contributed by atoms with Crippen molar-refractivity contribution in [1.82, 2.24) is 15.5 Å². The summed E-state index contributed by atoms with van der Waals surface area (Å²) in [6.45, 7) is 0.251. The largest absolute Gasteiger partial charge is 0.480 e. The second kappa shape index (κ2) is 5.70. The molecule has 0 aromatic carbocycles. The van der Waals surface area contributed by atoms with Crippen LogP contribution in [0.2, 0.25) is 0 Å². The van der Waals surface area contributed by atoms with Gasteiger partial charge < -0.3 is 20.6 Å². The topological polar surface area (TPSA) is 98.7 Å². The van der Waals surface area contributed by atoms with Gasteiger partial charge in [0.15, 0.2) is 0 Å². The maximum atomic E-state index is 11.8. The molecule has 0 aromatic heterocycles. The fourth-order valence-electron chi connectivity index (χ4n) is 1.72. The Morgan fingerprint density at radius 3 is 2.33 bits per heavy atom. The van der Waals surface area contributed by atoms with Gasteiger partial charge in [-0.2, -0.15) is 0 Å². The van der Waals surface area contributed by atoms with Gasteiger partial charge in [-0.05, 0) is 19.3 Å². The number of carbonyl (C=O) groups excluding carboxylic acids is 2. The van der Waals surface area contributed by atoms with Crippen LogP contribution in [0.4, 0.5) is 4.79 Å². The molecular formula is C11H19N3O4. The molecule has 3 amide bonds. The average molecular weight is 257 g/mol.